The maximum absolute atomic E-state index is 11.9. The monoisotopic (exact) mass is 296 g/mol. The van der Waals surface area contributed by atoms with Crippen LogP contribution in [0.15, 0.2) is 34.2 Å². The average Bonchev–Trinajstić information content (AvgIpc) is 2.68. The van der Waals surface area contributed by atoms with Gasteiger partial charge in [-0.2, -0.15) is 0 Å². The zero-order valence-electron chi connectivity index (χ0n) is 8.53. The van der Waals surface area contributed by atoms with Crippen molar-refractivity contribution in [1.82, 2.24) is 4.98 Å². The van der Waals surface area contributed by atoms with E-state index in [4.69, 9.17) is 0 Å². The maximum atomic E-state index is 11.9. The normalized spacial score (nSPS) is 10.1. The SMILES string of the molecule is Cc1cc(Br)cc(C(=O)Nc2nccs2)c1. The lowest BCUT2D eigenvalue weighted by atomic mass is 10.1. The summed E-state index contributed by atoms with van der Waals surface area (Å²) in [5, 5.41) is 5.18. The number of carbonyl (C=O) groups excluding carboxylic acids is 1. The Bertz CT molecular complexity index is 490. The van der Waals surface area contributed by atoms with Crippen LogP contribution in [0.3, 0.4) is 0 Å². The predicted octanol–water partition coefficient (Wildman–Crippen LogP) is 3.47. The smallest absolute Gasteiger partial charge is 0.257 e. The predicted molar refractivity (Wildman–Crippen MR) is 68.9 cm³/mol. The van der Waals surface area contributed by atoms with E-state index in [1.54, 1.807) is 12.3 Å². The molecule has 0 radical (unpaired) electrons. The van der Waals surface area contributed by atoms with E-state index in [2.05, 4.69) is 26.2 Å². The van der Waals surface area contributed by atoms with Crippen LogP contribution in [0.1, 0.15) is 15.9 Å². The molecule has 16 heavy (non-hydrogen) atoms. The number of aromatic nitrogens is 1. The molecular weight excluding hydrogens is 288 g/mol. The quantitative estimate of drug-likeness (QED) is 0.922. The standard InChI is InChI=1S/C11H9BrN2OS/c1-7-4-8(6-9(12)5-7)10(15)14-11-13-2-3-16-11/h2-6H,1H3,(H,13,14,15). The molecular formula is C11H9BrN2OS. The van der Waals surface area contributed by atoms with Crippen LogP contribution in [0.2, 0.25) is 0 Å². The number of benzene rings is 1. The number of nitrogens with one attached hydrogen (secondary N) is 1. The van der Waals surface area contributed by atoms with E-state index in [1.165, 1.54) is 11.3 Å². The molecule has 2 aromatic rings. The summed E-state index contributed by atoms with van der Waals surface area (Å²) in [6, 6.07) is 5.59. The molecule has 5 heteroatoms. The first-order valence-electron chi connectivity index (χ1n) is 4.63. The molecule has 3 nitrogen and oxygen atoms in total. The molecule has 0 unspecified atom stereocenters. The molecule has 2 rings (SSSR count). The van der Waals surface area contributed by atoms with Gasteiger partial charge in [-0.25, -0.2) is 4.98 Å². The van der Waals surface area contributed by atoms with Crippen LogP contribution >= 0.6 is 27.3 Å². The highest BCUT2D eigenvalue weighted by Crippen LogP contribution is 2.17. The Kier molecular flexibility index (Phi) is 3.36. The number of amides is 1. The van der Waals surface area contributed by atoms with Crippen LogP contribution in [0.5, 0.6) is 0 Å². The lowest BCUT2D eigenvalue weighted by Gasteiger charge is -2.03. The van der Waals surface area contributed by atoms with E-state index in [0.29, 0.717) is 10.7 Å². The van der Waals surface area contributed by atoms with Crippen molar-refractivity contribution in [1.29, 1.82) is 0 Å². The number of hydrogen-bond acceptors (Lipinski definition) is 3. The number of nitrogens with zero attached hydrogens (tertiary/aromatic N) is 1. The van der Waals surface area contributed by atoms with E-state index < -0.39 is 0 Å². The molecule has 0 saturated carbocycles. The Labute approximate surface area is 106 Å². The van der Waals surface area contributed by atoms with Gasteiger partial charge >= 0.3 is 0 Å². The van der Waals surface area contributed by atoms with Crippen molar-refractivity contribution in [2.45, 2.75) is 6.92 Å². The van der Waals surface area contributed by atoms with Gasteiger partial charge in [0.05, 0.1) is 0 Å². The number of hydrogen-bond donors (Lipinski definition) is 1. The lowest BCUT2D eigenvalue weighted by molar-refractivity contribution is 0.102. The molecule has 1 aromatic heterocycles. The lowest BCUT2D eigenvalue weighted by Crippen LogP contribution is -2.11. The minimum atomic E-state index is -0.139. The van der Waals surface area contributed by atoms with E-state index in [1.807, 2.05) is 24.4 Å². The van der Waals surface area contributed by atoms with Gasteiger partial charge in [0.1, 0.15) is 0 Å². The highest BCUT2D eigenvalue weighted by molar-refractivity contribution is 9.10. The molecule has 1 amide bonds. The second kappa shape index (κ2) is 4.76. The molecule has 0 spiro atoms. The third kappa shape index (κ3) is 2.68. The van der Waals surface area contributed by atoms with Crippen LogP contribution in [0.4, 0.5) is 5.13 Å². The summed E-state index contributed by atoms with van der Waals surface area (Å²) in [6.45, 7) is 1.95. The van der Waals surface area contributed by atoms with Crippen molar-refractivity contribution in [3.63, 3.8) is 0 Å². The van der Waals surface area contributed by atoms with Crippen LogP contribution in [0.25, 0.3) is 0 Å². The van der Waals surface area contributed by atoms with Gasteiger partial charge in [-0.15, -0.1) is 11.3 Å². The fraction of sp³-hybridized carbons (Fsp3) is 0.0909. The van der Waals surface area contributed by atoms with Crippen molar-refractivity contribution in [3.05, 3.63) is 45.4 Å². The van der Waals surface area contributed by atoms with Crippen molar-refractivity contribution in [2.24, 2.45) is 0 Å². The first-order chi connectivity index (χ1) is 7.65. The summed E-state index contributed by atoms with van der Waals surface area (Å²) in [4.78, 5) is 15.9. The molecule has 0 aliphatic rings. The third-order valence-electron chi connectivity index (χ3n) is 1.96. The van der Waals surface area contributed by atoms with Crippen molar-refractivity contribution in [3.8, 4) is 0 Å². The van der Waals surface area contributed by atoms with Crippen LogP contribution in [-0.2, 0) is 0 Å². The van der Waals surface area contributed by atoms with Crippen LogP contribution in [-0.4, -0.2) is 10.9 Å². The highest BCUT2D eigenvalue weighted by Gasteiger charge is 2.08. The summed E-state index contributed by atoms with van der Waals surface area (Å²) in [5.41, 5.74) is 1.67. The third-order valence-corrected chi connectivity index (χ3v) is 3.10. The first kappa shape index (κ1) is 11.3. The number of carbonyl (C=O) groups is 1. The number of halogens is 1. The number of thiazole rings is 1. The van der Waals surface area contributed by atoms with Crippen molar-refractivity contribution < 1.29 is 4.79 Å². The van der Waals surface area contributed by atoms with Gasteiger partial charge < -0.3 is 0 Å². The van der Waals surface area contributed by atoms with E-state index >= 15 is 0 Å². The number of rotatable bonds is 2. The minimum Gasteiger partial charge on any atom is -0.298 e. The van der Waals surface area contributed by atoms with Gasteiger partial charge in [-0.1, -0.05) is 15.9 Å². The molecule has 82 valence electrons. The zero-order valence-corrected chi connectivity index (χ0v) is 10.9. The van der Waals surface area contributed by atoms with Gasteiger partial charge in [-0.3, -0.25) is 10.1 Å². The summed E-state index contributed by atoms with van der Waals surface area (Å²) in [5.74, 6) is -0.139. The maximum Gasteiger partial charge on any atom is 0.257 e. The molecule has 0 saturated heterocycles. The zero-order chi connectivity index (χ0) is 11.5. The van der Waals surface area contributed by atoms with Crippen LogP contribution in [0, 0.1) is 6.92 Å². The summed E-state index contributed by atoms with van der Waals surface area (Å²) in [7, 11) is 0. The summed E-state index contributed by atoms with van der Waals surface area (Å²) < 4.78 is 0.900. The largest absolute Gasteiger partial charge is 0.298 e. The van der Waals surface area contributed by atoms with Crippen LogP contribution < -0.4 is 5.32 Å². The molecule has 1 heterocycles. The Morgan fingerprint density at radius 2 is 2.25 bits per heavy atom. The van der Waals surface area contributed by atoms with Gasteiger partial charge in [0.25, 0.3) is 5.91 Å². The van der Waals surface area contributed by atoms with Gasteiger partial charge in [-0.05, 0) is 30.7 Å². The first-order valence-corrected chi connectivity index (χ1v) is 6.30. The van der Waals surface area contributed by atoms with Gasteiger partial charge in [0.15, 0.2) is 5.13 Å². The molecule has 0 aliphatic carbocycles. The second-order valence-corrected chi connectivity index (χ2v) is 5.12. The minimum absolute atomic E-state index is 0.139. The topological polar surface area (TPSA) is 42.0 Å². The number of anilines is 1. The molecule has 0 fully saturated rings. The Balaban J connectivity index is 2.21. The molecule has 0 aliphatic heterocycles. The van der Waals surface area contributed by atoms with Gasteiger partial charge in [0.2, 0.25) is 0 Å². The van der Waals surface area contributed by atoms with E-state index in [-0.39, 0.29) is 5.91 Å². The fourth-order valence-corrected chi connectivity index (χ4v) is 2.45. The summed E-state index contributed by atoms with van der Waals surface area (Å²) in [6.07, 6.45) is 1.66. The van der Waals surface area contributed by atoms with Gasteiger partial charge in [0, 0.05) is 21.6 Å². The Hall–Kier alpha value is -1.20. The molecule has 0 bridgehead atoms. The van der Waals surface area contributed by atoms with E-state index in [0.717, 1.165) is 10.0 Å². The molecule has 0 atom stereocenters. The molecule has 1 aromatic carbocycles. The Morgan fingerprint density at radius 1 is 1.44 bits per heavy atom. The fourth-order valence-electron chi connectivity index (χ4n) is 1.32. The average molecular weight is 297 g/mol. The van der Waals surface area contributed by atoms with Crippen molar-refractivity contribution >= 4 is 38.3 Å². The number of aryl methyl sites for hydroxylation is 1. The summed E-state index contributed by atoms with van der Waals surface area (Å²) >= 11 is 4.77. The second-order valence-electron chi connectivity index (χ2n) is 3.31. The Morgan fingerprint density at radius 3 is 2.88 bits per heavy atom. The molecule has 1 N–H and O–H groups in total. The van der Waals surface area contributed by atoms with E-state index in [9.17, 15) is 4.79 Å². The van der Waals surface area contributed by atoms with Crippen molar-refractivity contribution in [2.75, 3.05) is 5.32 Å². The highest BCUT2D eigenvalue weighted by atomic mass is 79.9.